The van der Waals surface area contributed by atoms with Crippen LogP contribution in [-0.4, -0.2) is 11.5 Å². The van der Waals surface area contributed by atoms with Crippen LogP contribution in [0.15, 0.2) is 29.9 Å². The Morgan fingerprint density at radius 2 is 2.33 bits per heavy atom. The maximum Gasteiger partial charge on any atom is 0.126 e. The van der Waals surface area contributed by atoms with Gasteiger partial charge in [-0.05, 0) is 36.7 Å². The summed E-state index contributed by atoms with van der Waals surface area (Å²) in [5.74, 6) is -0.216. The van der Waals surface area contributed by atoms with E-state index in [1.54, 1.807) is 29.0 Å². The van der Waals surface area contributed by atoms with Crippen LogP contribution in [0.4, 0.5) is 4.39 Å². The van der Waals surface area contributed by atoms with Crippen molar-refractivity contribution in [2.75, 3.05) is 6.54 Å². The van der Waals surface area contributed by atoms with Crippen molar-refractivity contribution in [2.24, 2.45) is 0 Å². The molecule has 0 saturated carbocycles. The average molecular weight is 285 g/mol. The van der Waals surface area contributed by atoms with Crippen molar-refractivity contribution in [1.82, 2.24) is 10.3 Å². The van der Waals surface area contributed by atoms with E-state index in [1.807, 2.05) is 13.1 Å². The Kier molecular flexibility index (Phi) is 4.69. The molecule has 0 fully saturated rings. The van der Waals surface area contributed by atoms with E-state index in [9.17, 15) is 4.39 Å². The van der Waals surface area contributed by atoms with Crippen LogP contribution in [0.3, 0.4) is 0 Å². The standard InChI is InChI=1S/C13H14ClFN2S/c1-2-17-12(13-7-16-8-18-13)6-9-5-10(14)3-4-11(9)15/h3-5,7-8,12,17H,2,6H2,1H3. The number of hydrogen-bond acceptors (Lipinski definition) is 3. The number of thiazole rings is 1. The molecule has 0 aliphatic rings. The molecular weight excluding hydrogens is 271 g/mol. The third-order valence-corrected chi connectivity index (χ3v) is 3.80. The van der Waals surface area contributed by atoms with Crippen LogP contribution >= 0.6 is 22.9 Å². The van der Waals surface area contributed by atoms with Gasteiger partial charge in [-0.3, -0.25) is 4.98 Å². The van der Waals surface area contributed by atoms with Gasteiger partial charge in [0.2, 0.25) is 0 Å². The minimum atomic E-state index is -0.216. The normalized spacial score (nSPS) is 12.6. The van der Waals surface area contributed by atoms with Gasteiger partial charge >= 0.3 is 0 Å². The number of likely N-dealkylation sites (N-methyl/N-ethyl adjacent to an activating group) is 1. The van der Waals surface area contributed by atoms with Gasteiger partial charge in [0.15, 0.2) is 0 Å². The summed E-state index contributed by atoms with van der Waals surface area (Å²) in [6.45, 7) is 2.85. The summed E-state index contributed by atoms with van der Waals surface area (Å²) in [6, 6.07) is 4.74. The molecule has 18 heavy (non-hydrogen) atoms. The molecule has 0 aliphatic carbocycles. The number of rotatable bonds is 5. The quantitative estimate of drug-likeness (QED) is 0.903. The van der Waals surface area contributed by atoms with E-state index in [4.69, 9.17) is 11.6 Å². The lowest BCUT2D eigenvalue weighted by atomic mass is 10.0. The minimum absolute atomic E-state index is 0.0791. The first-order chi connectivity index (χ1) is 8.70. The van der Waals surface area contributed by atoms with Crippen LogP contribution in [0.2, 0.25) is 5.02 Å². The summed E-state index contributed by atoms with van der Waals surface area (Å²) in [6.07, 6.45) is 2.39. The molecule has 1 unspecified atom stereocenters. The second-order valence-corrected chi connectivity index (χ2v) is 5.31. The lowest BCUT2D eigenvalue weighted by Crippen LogP contribution is -2.22. The van der Waals surface area contributed by atoms with Crippen LogP contribution in [0.1, 0.15) is 23.4 Å². The van der Waals surface area contributed by atoms with E-state index < -0.39 is 0 Å². The molecule has 2 nitrogen and oxygen atoms in total. The molecule has 0 bridgehead atoms. The van der Waals surface area contributed by atoms with Crippen LogP contribution in [0, 0.1) is 5.82 Å². The van der Waals surface area contributed by atoms with Crippen molar-refractivity contribution in [1.29, 1.82) is 0 Å². The zero-order valence-corrected chi connectivity index (χ0v) is 11.6. The molecule has 1 aromatic heterocycles. The number of aromatic nitrogens is 1. The van der Waals surface area contributed by atoms with Gasteiger partial charge in [0.05, 0.1) is 5.51 Å². The highest BCUT2D eigenvalue weighted by molar-refractivity contribution is 7.09. The van der Waals surface area contributed by atoms with E-state index in [0.717, 1.165) is 11.4 Å². The molecule has 2 rings (SSSR count). The summed E-state index contributed by atoms with van der Waals surface area (Å²) in [4.78, 5) is 5.17. The van der Waals surface area contributed by atoms with Crippen molar-refractivity contribution in [3.8, 4) is 0 Å². The van der Waals surface area contributed by atoms with Crippen molar-refractivity contribution < 1.29 is 4.39 Å². The summed E-state index contributed by atoms with van der Waals surface area (Å²) in [5, 5.41) is 3.90. The molecule has 1 heterocycles. The highest BCUT2D eigenvalue weighted by Crippen LogP contribution is 2.24. The lowest BCUT2D eigenvalue weighted by molar-refractivity contribution is 0.533. The van der Waals surface area contributed by atoms with E-state index in [1.165, 1.54) is 6.07 Å². The molecule has 1 aromatic carbocycles. The molecule has 96 valence electrons. The fourth-order valence-electron chi connectivity index (χ4n) is 1.84. The Bertz CT molecular complexity index is 502. The van der Waals surface area contributed by atoms with E-state index in [-0.39, 0.29) is 11.9 Å². The first-order valence-electron chi connectivity index (χ1n) is 5.76. The maximum absolute atomic E-state index is 13.7. The molecular formula is C13H14ClFN2S. The van der Waals surface area contributed by atoms with E-state index >= 15 is 0 Å². The number of nitrogens with zero attached hydrogens (tertiary/aromatic N) is 1. The molecule has 1 atom stereocenters. The van der Waals surface area contributed by atoms with Crippen molar-refractivity contribution in [3.63, 3.8) is 0 Å². The molecule has 1 N–H and O–H groups in total. The Labute approximate surface area is 115 Å². The van der Waals surface area contributed by atoms with Gasteiger partial charge < -0.3 is 5.32 Å². The fourth-order valence-corrected chi connectivity index (χ4v) is 2.73. The first-order valence-corrected chi connectivity index (χ1v) is 7.02. The van der Waals surface area contributed by atoms with Crippen LogP contribution in [-0.2, 0) is 6.42 Å². The van der Waals surface area contributed by atoms with Crippen LogP contribution in [0.5, 0.6) is 0 Å². The van der Waals surface area contributed by atoms with Gasteiger partial charge in [0.1, 0.15) is 5.82 Å². The molecule has 5 heteroatoms. The van der Waals surface area contributed by atoms with Gasteiger partial charge in [-0.25, -0.2) is 4.39 Å². The lowest BCUT2D eigenvalue weighted by Gasteiger charge is -2.16. The fraction of sp³-hybridized carbons (Fsp3) is 0.308. The van der Waals surface area contributed by atoms with Crippen molar-refractivity contribution >= 4 is 22.9 Å². The van der Waals surface area contributed by atoms with Crippen LogP contribution < -0.4 is 5.32 Å². The predicted octanol–water partition coefficient (Wildman–Crippen LogP) is 3.83. The molecule has 0 saturated heterocycles. The van der Waals surface area contributed by atoms with E-state index in [0.29, 0.717) is 17.0 Å². The summed E-state index contributed by atoms with van der Waals surface area (Å²) < 4.78 is 13.7. The van der Waals surface area contributed by atoms with Gasteiger partial charge in [-0.15, -0.1) is 11.3 Å². The molecule has 0 amide bonds. The zero-order valence-electron chi connectivity index (χ0n) is 9.99. The summed E-state index contributed by atoms with van der Waals surface area (Å²) >= 11 is 7.48. The molecule has 2 aromatic rings. The SMILES string of the molecule is CCNC(Cc1cc(Cl)ccc1F)c1cncs1. The highest BCUT2D eigenvalue weighted by atomic mass is 35.5. The number of nitrogens with one attached hydrogen (secondary N) is 1. The monoisotopic (exact) mass is 284 g/mol. The van der Waals surface area contributed by atoms with Gasteiger partial charge in [0, 0.05) is 22.1 Å². The molecule has 0 spiro atoms. The largest absolute Gasteiger partial charge is 0.309 e. The Morgan fingerprint density at radius 1 is 1.50 bits per heavy atom. The zero-order chi connectivity index (χ0) is 13.0. The average Bonchev–Trinajstić information content (AvgIpc) is 2.87. The smallest absolute Gasteiger partial charge is 0.126 e. The summed E-state index contributed by atoms with van der Waals surface area (Å²) in [5.41, 5.74) is 2.41. The van der Waals surface area contributed by atoms with E-state index in [2.05, 4.69) is 10.3 Å². The minimum Gasteiger partial charge on any atom is -0.309 e. The van der Waals surface area contributed by atoms with Gasteiger partial charge in [-0.1, -0.05) is 18.5 Å². The third-order valence-electron chi connectivity index (χ3n) is 2.68. The Morgan fingerprint density at radius 3 is 3.00 bits per heavy atom. The number of benzene rings is 1. The second kappa shape index (κ2) is 6.27. The number of halogens is 2. The summed E-state index contributed by atoms with van der Waals surface area (Å²) in [7, 11) is 0. The maximum atomic E-state index is 13.7. The number of hydrogen-bond donors (Lipinski definition) is 1. The highest BCUT2D eigenvalue weighted by Gasteiger charge is 2.15. The van der Waals surface area contributed by atoms with Crippen LogP contribution in [0.25, 0.3) is 0 Å². The first kappa shape index (κ1) is 13.5. The Balaban J connectivity index is 2.21. The van der Waals surface area contributed by atoms with Gasteiger partial charge in [0.25, 0.3) is 0 Å². The third kappa shape index (κ3) is 3.28. The topological polar surface area (TPSA) is 24.9 Å². The Hall–Kier alpha value is -0.970. The van der Waals surface area contributed by atoms with Crippen molar-refractivity contribution in [2.45, 2.75) is 19.4 Å². The van der Waals surface area contributed by atoms with Crippen molar-refractivity contribution in [3.05, 3.63) is 51.2 Å². The molecule has 0 radical (unpaired) electrons. The van der Waals surface area contributed by atoms with Gasteiger partial charge in [-0.2, -0.15) is 0 Å². The predicted molar refractivity (Wildman–Crippen MR) is 73.6 cm³/mol. The molecule has 0 aliphatic heterocycles. The second-order valence-electron chi connectivity index (χ2n) is 3.95.